The first kappa shape index (κ1) is 28.5. The minimum Gasteiger partial charge on any atom is -0.478 e. The summed E-state index contributed by atoms with van der Waals surface area (Å²) in [5, 5.41) is 12.6. The fraction of sp³-hybridized carbons (Fsp3) is 0.824. The number of aliphatic hydroxyl groups is 1. The third-order valence-electron chi connectivity index (χ3n) is 2.39. The zero-order valence-corrected chi connectivity index (χ0v) is 15.8. The number of aromatic nitrogens is 2. The number of aliphatic hydroxyl groups excluding tert-OH is 1. The Hall–Kier alpha value is -1.35. The Morgan fingerprint density at radius 1 is 0.960 bits per heavy atom. The van der Waals surface area contributed by atoms with Gasteiger partial charge in [-0.15, -0.1) is 5.10 Å². The van der Waals surface area contributed by atoms with Crippen LogP contribution in [0.5, 0.6) is 5.88 Å². The molecular weight excluding hydrogens is 326 g/mol. The summed E-state index contributed by atoms with van der Waals surface area (Å²) in [4.78, 5) is 0. The SMILES string of the molecule is C.CC.CC.COc1nn(CCOCCOCCOCCO)cc1N. The second-order valence-electron chi connectivity index (χ2n) is 3.92. The molecule has 1 rings (SSSR count). The lowest BCUT2D eigenvalue weighted by molar-refractivity contribution is 0.00630. The quantitative estimate of drug-likeness (QED) is 0.548. The predicted molar refractivity (Wildman–Crippen MR) is 102 cm³/mol. The minimum atomic E-state index is 0. The maximum absolute atomic E-state index is 8.49. The van der Waals surface area contributed by atoms with Gasteiger partial charge in [0.1, 0.15) is 5.69 Å². The molecule has 8 nitrogen and oxygen atoms in total. The van der Waals surface area contributed by atoms with Gasteiger partial charge in [-0.2, -0.15) is 0 Å². The normalized spacial score (nSPS) is 9.20. The molecule has 0 radical (unpaired) electrons. The molecule has 0 atom stereocenters. The lowest BCUT2D eigenvalue weighted by Crippen LogP contribution is -2.13. The van der Waals surface area contributed by atoms with E-state index in [9.17, 15) is 0 Å². The van der Waals surface area contributed by atoms with E-state index in [0.717, 1.165) is 0 Å². The van der Waals surface area contributed by atoms with Crippen LogP contribution < -0.4 is 10.5 Å². The molecule has 152 valence electrons. The zero-order chi connectivity index (χ0) is 18.6. The van der Waals surface area contributed by atoms with Crippen LogP contribution in [0.2, 0.25) is 0 Å². The molecule has 0 spiro atoms. The first-order valence-corrected chi connectivity index (χ1v) is 8.49. The Morgan fingerprint density at radius 2 is 1.44 bits per heavy atom. The van der Waals surface area contributed by atoms with E-state index in [4.69, 9.17) is 29.8 Å². The second-order valence-corrected chi connectivity index (χ2v) is 3.92. The van der Waals surface area contributed by atoms with Crippen LogP contribution in [0, 0.1) is 0 Å². The highest BCUT2D eigenvalue weighted by molar-refractivity contribution is 5.45. The summed E-state index contributed by atoms with van der Waals surface area (Å²) < 4.78 is 22.4. The van der Waals surface area contributed by atoms with E-state index in [2.05, 4.69) is 5.10 Å². The summed E-state index contributed by atoms with van der Waals surface area (Å²) in [6.45, 7) is 11.5. The molecule has 0 amide bonds. The van der Waals surface area contributed by atoms with E-state index in [0.29, 0.717) is 57.8 Å². The third kappa shape index (κ3) is 15.9. The smallest absolute Gasteiger partial charge is 0.256 e. The molecule has 1 aromatic rings. The Kier molecular flexibility index (Phi) is 25.8. The number of rotatable bonds is 12. The Balaban J connectivity index is -0.000000899. The number of hydrogen-bond acceptors (Lipinski definition) is 7. The number of ether oxygens (including phenoxy) is 4. The summed E-state index contributed by atoms with van der Waals surface area (Å²) >= 11 is 0. The summed E-state index contributed by atoms with van der Waals surface area (Å²) in [5.41, 5.74) is 6.19. The van der Waals surface area contributed by atoms with Crippen LogP contribution in [0.15, 0.2) is 6.20 Å². The summed E-state index contributed by atoms with van der Waals surface area (Å²) in [6.07, 6.45) is 1.71. The number of nitrogen functional groups attached to an aromatic ring is 1. The van der Waals surface area contributed by atoms with Crippen LogP contribution in [-0.2, 0) is 20.8 Å². The van der Waals surface area contributed by atoms with Crippen LogP contribution in [0.1, 0.15) is 35.1 Å². The molecule has 0 aliphatic heterocycles. The molecule has 8 heteroatoms. The molecule has 0 fully saturated rings. The van der Waals surface area contributed by atoms with Crippen molar-refractivity contribution in [3.05, 3.63) is 6.20 Å². The standard InChI is InChI=1S/C12H23N3O5.2C2H6.CH4/c1-17-12-11(13)10-15(14-12)2-4-18-6-8-20-9-7-19-5-3-16;2*1-2;/h10,16H,2-9,13H2,1H3;2*1-2H3;1H4. The average Bonchev–Trinajstić information content (AvgIpc) is 3.00. The lowest BCUT2D eigenvalue weighted by Gasteiger charge is -2.06. The van der Waals surface area contributed by atoms with Crippen LogP contribution in [-0.4, -0.2) is 68.2 Å². The summed E-state index contributed by atoms with van der Waals surface area (Å²) in [6, 6.07) is 0. The topological polar surface area (TPSA) is 101 Å². The van der Waals surface area contributed by atoms with Gasteiger partial charge in [-0.3, -0.25) is 4.68 Å². The molecule has 25 heavy (non-hydrogen) atoms. The fourth-order valence-electron chi connectivity index (χ4n) is 1.46. The Bertz CT molecular complexity index is 362. The molecule has 0 bridgehead atoms. The average molecular weight is 366 g/mol. The van der Waals surface area contributed by atoms with Gasteiger partial charge in [0.05, 0.1) is 66.1 Å². The number of methoxy groups -OCH3 is 1. The fourth-order valence-corrected chi connectivity index (χ4v) is 1.46. The van der Waals surface area contributed by atoms with Crippen molar-refractivity contribution in [3.8, 4) is 5.88 Å². The van der Waals surface area contributed by atoms with E-state index in [1.54, 1.807) is 10.9 Å². The van der Waals surface area contributed by atoms with Crippen LogP contribution in [0.4, 0.5) is 5.69 Å². The molecule has 0 aliphatic rings. The highest BCUT2D eigenvalue weighted by Gasteiger charge is 2.04. The van der Waals surface area contributed by atoms with Gasteiger partial charge in [-0.25, -0.2) is 0 Å². The molecule has 0 aromatic carbocycles. The van der Waals surface area contributed by atoms with E-state index in [1.165, 1.54) is 7.11 Å². The van der Waals surface area contributed by atoms with Crippen molar-refractivity contribution >= 4 is 5.69 Å². The summed E-state index contributed by atoms with van der Waals surface area (Å²) in [7, 11) is 1.53. The van der Waals surface area contributed by atoms with E-state index < -0.39 is 0 Å². The molecule has 1 aromatic heterocycles. The first-order chi connectivity index (χ1) is 11.8. The van der Waals surface area contributed by atoms with Gasteiger partial charge in [0, 0.05) is 0 Å². The van der Waals surface area contributed by atoms with Crippen molar-refractivity contribution in [2.75, 3.05) is 59.1 Å². The van der Waals surface area contributed by atoms with Gasteiger partial charge in [-0.1, -0.05) is 35.1 Å². The van der Waals surface area contributed by atoms with Crippen molar-refractivity contribution < 1.29 is 24.1 Å². The van der Waals surface area contributed by atoms with Crippen molar-refractivity contribution in [1.29, 1.82) is 0 Å². The lowest BCUT2D eigenvalue weighted by atomic mass is 10.6. The largest absolute Gasteiger partial charge is 0.478 e. The first-order valence-electron chi connectivity index (χ1n) is 8.49. The van der Waals surface area contributed by atoms with E-state index in [1.807, 2.05) is 27.7 Å². The maximum Gasteiger partial charge on any atom is 0.256 e. The van der Waals surface area contributed by atoms with Crippen molar-refractivity contribution in [2.45, 2.75) is 41.7 Å². The Morgan fingerprint density at radius 3 is 1.88 bits per heavy atom. The molecule has 3 N–H and O–H groups in total. The van der Waals surface area contributed by atoms with E-state index in [-0.39, 0.29) is 14.0 Å². The van der Waals surface area contributed by atoms with Crippen LogP contribution >= 0.6 is 0 Å². The highest BCUT2D eigenvalue weighted by Crippen LogP contribution is 2.16. The number of hydrogen-bond donors (Lipinski definition) is 2. The van der Waals surface area contributed by atoms with Crippen LogP contribution in [0.3, 0.4) is 0 Å². The Labute approximate surface area is 153 Å². The van der Waals surface area contributed by atoms with Crippen molar-refractivity contribution in [2.24, 2.45) is 0 Å². The summed E-state index contributed by atoms with van der Waals surface area (Å²) in [5.74, 6) is 0.427. The zero-order valence-electron chi connectivity index (χ0n) is 15.8. The molecule has 0 saturated heterocycles. The van der Waals surface area contributed by atoms with Gasteiger partial charge in [-0.05, 0) is 0 Å². The monoisotopic (exact) mass is 365 g/mol. The number of anilines is 1. The molecule has 1 heterocycles. The molecule has 0 aliphatic carbocycles. The van der Waals surface area contributed by atoms with Gasteiger partial charge in [0.15, 0.2) is 0 Å². The highest BCUT2D eigenvalue weighted by atomic mass is 16.5. The van der Waals surface area contributed by atoms with E-state index >= 15 is 0 Å². The number of nitrogens with zero attached hydrogens (tertiary/aromatic N) is 2. The van der Waals surface area contributed by atoms with Gasteiger partial charge >= 0.3 is 0 Å². The predicted octanol–water partition coefficient (Wildman–Crippen LogP) is 2.20. The maximum atomic E-state index is 8.49. The van der Waals surface area contributed by atoms with Gasteiger partial charge in [0.2, 0.25) is 0 Å². The minimum absolute atomic E-state index is 0. The number of nitrogens with two attached hydrogens (primary N) is 1. The van der Waals surface area contributed by atoms with Gasteiger partial charge in [0.25, 0.3) is 5.88 Å². The molecule has 0 unspecified atom stereocenters. The molecular formula is C17H39N3O5. The van der Waals surface area contributed by atoms with Crippen molar-refractivity contribution in [1.82, 2.24) is 9.78 Å². The molecule has 0 saturated carbocycles. The third-order valence-corrected chi connectivity index (χ3v) is 2.39. The van der Waals surface area contributed by atoms with Crippen molar-refractivity contribution in [3.63, 3.8) is 0 Å². The van der Waals surface area contributed by atoms with Gasteiger partial charge < -0.3 is 29.8 Å². The van der Waals surface area contributed by atoms with Crippen LogP contribution in [0.25, 0.3) is 0 Å². The second kappa shape index (κ2) is 22.6.